The summed E-state index contributed by atoms with van der Waals surface area (Å²) >= 11 is 0. The zero-order valence-electron chi connectivity index (χ0n) is 14.2. The van der Waals surface area contributed by atoms with Crippen LogP contribution in [0.25, 0.3) is 0 Å². The molecular weight excluding hydrogens is 302 g/mol. The van der Waals surface area contributed by atoms with E-state index in [0.717, 1.165) is 35.7 Å². The monoisotopic (exact) mass is 325 g/mol. The van der Waals surface area contributed by atoms with E-state index in [4.69, 9.17) is 0 Å². The molecule has 2 amide bonds. The van der Waals surface area contributed by atoms with Gasteiger partial charge in [-0.3, -0.25) is 5.32 Å². The number of nitrogens with one attached hydrogen (secondary N) is 2. The van der Waals surface area contributed by atoms with Crippen molar-refractivity contribution in [2.75, 3.05) is 28.6 Å². The minimum atomic E-state index is -0.299. The van der Waals surface area contributed by atoms with Gasteiger partial charge in [0.25, 0.3) is 0 Å². The fourth-order valence-corrected chi connectivity index (χ4v) is 2.87. The van der Waals surface area contributed by atoms with E-state index >= 15 is 0 Å². The van der Waals surface area contributed by atoms with Gasteiger partial charge in [-0.05, 0) is 50.3 Å². The first kappa shape index (κ1) is 16.2. The lowest BCUT2D eigenvalue weighted by molar-refractivity contribution is 0.262. The van der Waals surface area contributed by atoms with Crippen LogP contribution in [0.4, 0.5) is 22.1 Å². The maximum absolute atomic E-state index is 12.2. The standard InChI is InChI=1S/C18H23N5O/c1-13-7-6-8-15(14(13)2)21-18(24)22-16-11-17(20-12-19-16)23-9-4-3-5-10-23/h6-8,11-12H,3-5,9-10H2,1-2H3,(H2,19,20,21,22,24). The van der Waals surface area contributed by atoms with Gasteiger partial charge in [0, 0.05) is 24.8 Å². The Morgan fingerprint density at radius 1 is 1.08 bits per heavy atom. The topological polar surface area (TPSA) is 70.2 Å². The SMILES string of the molecule is Cc1cccc(NC(=O)Nc2cc(N3CCCCC3)ncn2)c1C. The van der Waals surface area contributed by atoms with Crippen LogP contribution in [0, 0.1) is 13.8 Å². The molecule has 0 unspecified atom stereocenters. The van der Waals surface area contributed by atoms with E-state index in [9.17, 15) is 4.79 Å². The van der Waals surface area contributed by atoms with Crippen LogP contribution in [-0.4, -0.2) is 29.1 Å². The Labute approximate surface area is 142 Å². The Hall–Kier alpha value is -2.63. The molecule has 0 saturated carbocycles. The number of aryl methyl sites for hydroxylation is 1. The number of hydrogen-bond donors (Lipinski definition) is 2. The van der Waals surface area contributed by atoms with Gasteiger partial charge in [-0.15, -0.1) is 0 Å². The van der Waals surface area contributed by atoms with Gasteiger partial charge in [0.1, 0.15) is 18.0 Å². The minimum Gasteiger partial charge on any atom is -0.356 e. The number of carbonyl (C=O) groups is 1. The average molecular weight is 325 g/mol. The maximum atomic E-state index is 12.2. The maximum Gasteiger partial charge on any atom is 0.324 e. The predicted molar refractivity (Wildman–Crippen MR) is 96.7 cm³/mol. The summed E-state index contributed by atoms with van der Waals surface area (Å²) in [5, 5.41) is 5.66. The Morgan fingerprint density at radius 3 is 2.67 bits per heavy atom. The number of rotatable bonds is 3. The number of aromatic nitrogens is 2. The van der Waals surface area contributed by atoms with Crippen LogP contribution in [0.2, 0.25) is 0 Å². The lowest BCUT2D eigenvalue weighted by Gasteiger charge is -2.27. The summed E-state index contributed by atoms with van der Waals surface area (Å²) < 4.78 is 0. The Kier molecular flexibility index (Phi) is 4.93. The molecule has 3 rings (SSSR count). The largest absolute Gasteiger partial charge is 0.356 e. The summed E-state index contributed by atoms with van der Waals surface area (Å²) in [6.45, 7) is 6.02. The first-order valence-electron chi connectivity index (χ1n) is 8.35. The number of piperidine rings is 1. The number of benzene rings is 1. The molecule has 6 heteroatoms. The average Bonchev–Trinajstić information content (AvgIpc) is 2.60. The summed E-state index contributed by atoms with van der Waals surface area (Å²) in [4.78, 5) is 22.9. The van der Waals surface area contributed by atoms with E-state index < -0.39 is 0 Å². The summed E-state index contributed by atoms with van der Waals surface area (Å²) in [5.41, 5.74) is 3.00. The van der Waals surface area contributed by atoms with Crippen molar-refractivity contribution < 1.29 is 4.79 Å². The first-order valence-corrected chi connectivity index (χ1v) is 8.35. The molecule has 1 fully saturated rings. The second-order valence-corrected chi connectivity index (χ2v) is 6.14. The fourth-order valence-electron chi connectivity index (χ4n) is 2.87. The van der Waals surface area contributed by atoms with E-state index in [1.165, 1.54) is 25.6 Å². The van der Waals surface area contributed by atoms with E-state index in [-0.39, 0.29) is 6.03 Å². The van der Waals surface area contributed by atoms with Crippen LogP contribution >= 0.6 is 0 Å². The molecule has 0 bridgehead atoms. The van der Waals surface area contributed by atoms with Crippen LogP contribution in [0.15, 0.2) is 30.6 Å². The molecule has 126 valence electrons. The third-order valence-corrected chi connectivity index (χ3v) is 4.43. The van der Waals surface area contributed by atoms with Gasteiger partial charge in [0.05, 0.1) is 0 Å². The summed E-state index contributed by atoms with van der Waals surface area (Å²) in [6, 6.07) is 7.37. The Bertz CT molecular complexity index is 725. The van der Waals surface area contributed by atoms with Gasteiger partial charge >= 0.3 is 6.03 Å². The predicted octanol–water partition coefficient (Wildman–Crippen LogP) is 3.73. The Morgan fingerprint density at radius 2 is 1.88 bits per heavy atom. The smallest absolute Gasteiger partial charge is 0.324 e. The zero-order valence-corrected chi connectivity index (χ0v) is 14.2. The van der Waals surface area contributed by atoms with Crippen molar-refractivity contribution in [1.29, 1.82) is 0 Å². The molecule has 2 heterocycles. The third kappa shape index (κ3) is 3.82. The number of amides is 2. The molecule has 1 aromatic heterocycles. The molecule has 1 aliphatic rings. The number of nitrogens with zero attached hydrogens (tertiary/aromatic N) is 3. The van der Waals surface area contributed by atoms with Crippen LogP contribution in [0.5, 0.6) is 0 Å². The van der Waals surface area contributed by atoms with Crippen LogP contribution in [0.1, 0.15) is 30.4 Å². The van der Waals surface area contributed by atoms with Gasteiger partial charge in [0.15, 0.2) is 0 Å². The molecule has 1 aliphatic heterocycles. The number of anilines is 3. The number of carbonyl (C=O) groups excluding carboxylic acids is 1. The van der Waals surface area contributed by atoms with Gasteiger partial charge < -0.3 is 10.2 Å². The van der Waals surface area contributed by atoms with Crippen molar-refractivity contribution >= 4 is 23.4 Å². The lowest BCUT2D eigenvalue weighted by Crippen LogP contribution is -2.30. The van der Waals surface area contributed by atoms with Gasteiger partial charge in [-0.2, -0.15) is 0 Å². The molecule has 0 radical (unpaired) electrons. The van der Waals surface area contributed by atoms with Crippen molar-refractivity contribution in [2.45, 2.75) is 33.1 Å². The van der Waals surface area contributed by atoms with Gasteiger partial charge in [0.2, 0.25) is 0 Å². The second-order valence-electron chi connectivity index (χ2n) is 6.14. The summed E-state index contributed by atoms with van der Waals surface area (Å²) in [5.74, 6) is 1.38. The highest BCUT2D eigenvalue weighted by atomic mass is 16.2. The third-order valence-electron chi connectivity index (χ3n) is 4.43. The zero-order chi connectivity index (χ0) is 16.9. The van der Waals surface area contributed by atoms with Crippen LogP contribution in [-0.2, 0) is 0 Å². The summed E-state index contributed by atoms with van der Waals surface area (Å²) in [6.07, 6.45) is 5.13. The number of hydrogen-bond acceptors (Lipinski definition) is 4. The van der Waals surface area contributed by atoms with Crippen molar-refractivity contribution in [3.8, 4) is 0 Å². The van der Waals surface area contributed by atoms with Crippen molar-refractivity contribution in [2.24, 2.45) is 0 Å². The molecular formula is C18H23N5O. The molecule has 2 N–H and O–H groups in total. The van der Waals surface area contributed by atoms with Crippen LogP contribution < -0.4 is 15.5 Å². The quantitative estimate of drug-likeness (QED) is 0.902. The highest BCUT2D eigenvalue weighted by Crippen LogP contribution is 2.20. The molecule has 1 aromatic carbocycles. The molecule has 2 aromatic rings. The molecule has 24 heavy (non-hydrogen) atoms. The molecule has 0 atom stereocenters. The van der Waals surface area contributed by atoms with E-state index in [0.29, 0.717) is 5.82 Å². The molecule has 0 spiro atoms. The lowest BCUT2D eigenvalue weighted by atomic mass is 10.1. The second kappa shape index (κ2) is 7.29. The highest BCUT2D eigenvalue weighted by Gasteiger charge is 2.13. The number of urea groups is 1. The first-order chi connectivity index (χ1) is 11.6. The molecule has 1 saturated heterocycles. The fraction of sp³-hybridized carbons (Fsp3) is 0.389. The van der Waals surface area contributed by atoms with Gasteiger partial charge in [-0.25, -0.2) is 14.8 Å². The van der Waals surface area contributed by atoms with Crippen molar-refractivity contribution in [3.05, 3.63) is 41.7 Å². The van der Waals surface area contributed by atoms with Crippen LogP contribution in [0.3, 0.4) is 0 Å². The van der Waals surface area contributed by atoms with Crippen molar-refractivity contribution in [1.82, 2.24) is 9.97 Å². The van der Waals surface area contributed by atoms with E-state index in [1.54, 1.807) is 0 Å². The van der Waals surface area contributed by atoms with E-state index in [1.807, 2.05) is 38.1 Å². The summed E-state index contributed by atoms with van der Waals surface area (Å²) in [7, 11) is 0. The van der Waals surface area contributed by atoms with Crippen molar-refractivity contribution in [3.63, 3.8) is 0 Å². The Balaban J connectivity index is 1.67. The van der Waals surface area contributed by atoms with E-state index in [2.05, 4.69) is 25.5 Å². The molecule has 0 aliphatic carbocycles. The minimum absolute atomic E-state index is 0.299. The van der Waals surface area contributed by atoms with Gasteiger partial charge in [-0.1, -0.05) is 12.1 Å². The highest BCUT2D eigenvalue weighted by molar-refractivity contribution is 5.99. The molecule has 6 nitrogen and oxygen atoms in total. The normalized spacial score (nSPS) is 14.3.